The molecule has 2 rings (SSSR count). The van der Waals surface area contributed by atoms with E-state index in [9.17, 15) is 4.39 Å². The van der Waals surface area contributed by atoms with Crippen molar-refractivity contribution in [1.29, 1.82) is 0 Å². The van der Waals surface area contributed by atoms with Crippen LogP contribution in [-0.2, 0) is 0 Å². The molecule has 0 spiro atoms. The molecule has 0 amide bonds. The normalized spacial score (nSPS) is 16.2. The first-order valence-corrected chi connectivity index (χ1v) is 5.31. The molecule has 1 aromatic carbocycles. The van der Waals surface area contributed by atoms with E-state index in [0.717, 1.165) is 31.9 Å². The van der Waals surface area contributed by atoms with Crippen LogP contribution < -0.4 is 20.7 Å². The molecule has 1 aliphatic heterocycles. The molecule has 88 valence electrons. The summed E-state index contributed by atoms with van der Waals surface area (Å²) < 4.78 is 18.7. The van der Waals surface area contributed by atoms with Gasteiger partial charge in [-0.15, -0.1) is 0 Å². The van der Waals surface area contributed by atoms with E-state index in [1.54, 1.807) is 6.07 Å². The summed E-state index contributed by atoms with van der Waals surface area (Å²) in [6, 6.07) is 3.04. The summed E-state index contributed by atoms with van der Waals surface area (Å²) in [5.74, 6) is -0.132. The Morgan fingerprint density at radius 2 is 2.06 bits per heavy atom. The van der Waals surface area contributed by atoms with Crippen molar-refractivity contribution in [3.05, 3.63) is 17.9 Å². The predicted octanol–water partition coefficient (Wildman–Crippen LogP) is 0.826. The first-order valence-electron chi connectivity index (χ1n) is 5.31. The lowest BCUT2D eigenvalue weighted by Crippen LogP contribution is -2.43. The summed E-state index contributed by atoms with van der Waals surface area (Å²) in [6.07, 6.45) is 0. The molecule has 1 saturated heterocycles. The number of ether oxygens (including phenoxy) is 1. The molecule has 3 N–H and O–H groups in total. The van der Waals surface area contributed by atoms with Gasteiger partial charge >= 0.3 is 0 Å². The average Bonchev–Trinajstić information content (AvgIpc) is 2.29. The third-order valence-corrected chi connectivity index (χ3v) is 2.71. The Morgan fingerprint density at radius 3 is 2.69 bits per heavy atom. The molecule has 5 heteroatoms. The Hall–Kier alpha value is -1.49. The number of hydrogen-bond donors (Lipinski definition) is 2. The molecule has 0 atom stereocenters. The zero-order chi connectivity index (χ0) is 11.5. The zero-order valence-corrected chi connectivity index (χ0v) is 9.29. The summed E-state index contributed by atoms with van der Waals surface area (Å²) in [5, 5.41) is 3.24. The van der Waals surface area contributed by atoms with Crippen LogP contribution in [0.2, 0.25) is 0 Å². The number of halogens is 1. The lowest BCUT2D eigenvalue weighted by atomic mass is 10.2. The number of anilines is 2. The molecular formula is C11H16FN3O. The third-order valence-electron chi connectivity index (χ3n) is 2.71. The maximum Gasteiger partial charge on any atom is 0.177 e. The Bertz CT molecular complexity index is 378. The standard InChI is InChI=1S/C11H16FN3O/c1-16-11-9(12)6-8(13)7-10(11)15-4-2-14-3-5-15/h6-7,14H,2-5,13H2,1H3. The lowest BCUT2D eigenvalue weighted by molar-refractivity contribution is 0.385. The first kappa shape index (κ1) is 11.0. The predicted molar refractivity (Wildman–Crippen MR) is 62.4 cm³/mol. The van der Waals surface area contributed by atoms with Crippen LogP contribution in [-0.4, -0.2) is 33.3 Å². The maximum atomic E-state index is 13.6. The van der Waals surface area contributed by atoms with Crippen molar-refractivity contribution in [2.24, 2.45) is 0 Å². The lowest BCUT2D eigenvalue weighted by Gasteiger charge is -2.30. The van der Waals surface area contributed by atoms with E-state index in [1.165, 1.54) is 13.2 Å². The summed E-state index contributed by atoms with van der Waals surface area (Å²) >= 11 is 0. The van der Waals surface area contributed by atoms with Crippen LogP contribution in [0.5, 0.6) is 5.75 Å². The minimum Gasteiger partial charge on any atom is -0.492 e. The van der Waals surface area contributed by atoms with E-state index < -0.39 is 5.82 Å². The second-order valence-corrected chi connectivity index (χ2v) is 3.79. The number of piperazine rings is 1. The van der Waals surface area contributed by atoms with E-state index in [0.29, 0.717) is 5.69 Å². The van der Waals surface area contributed by atoms with Gasteiger partial charge in [0.1, 0.15) is 0 Å². The quantitative estimate of drug-likeness (QED) is 0.732. The average molecular weight is 225 g/mol. The largest absolute Gasteiger partial charge is 0.492 e. The molecule has 1 aliphatic rings. The van der Waals surface area contributed by atoms with Gasteiger partial charge in [0.05, 0.1) is 12.8 Å². The van der Waals surface area contributed by atoms with Gasteiger partial charge in [-0.3, -0.25) is 0 Å². The van der Waals surface area contributed by atoms with Crippen molar-refractivity contribution < 1.29 is 9.13 Å². The molecule has 0 aromatic heterocycles. The van der Waals surface area contributed by atoms with Gasteiger partial charge in [0.15, 0.2) is 11.6 Å². The van der Waals surface area contributed by atoms with E-state index in [1.807, 2.05) is 0 Å². The molecule has 1 aromatic rings. The highest BCUT2D eigenvalue weighted by atomic mass is 19.1. The molecule has 1 heterocycles. The number of nitrogen functional groups attached to an aromatic ring is 1. The third kappa shape index (κ3) is 2.04. The van der Waals surface area contributed by atoms with Crippen molar-refractivity contribution in [3.8, 4) is 5.75 Å². The molecule has 0 aliphatic carbocycles. The van der Waals surface area contributed by atoms with E-state index >= 15 is 0 Å². The van der Waals surface area contributed by atoms with Crippen LogP contribution in [0.25, 0.3) is 0 Å². The highest BCUT2D eigenvalue weighted by molar-refractivity contribution is 5.65. The number of nitrogens with one attached hydrogen (secondary N) is 1. The number of nitrogens with zero attached hydrogens (tertiary/aromatic N) is 1. The fraction of sp³-hybridized carbons (Fsp3) is 0.455. The van der Waals surface area contributed by atoms with Crippen molar-refractivity contribution in [3.63, 3.8) is 0 Å². The SMILES string of the molecule is COc1c(F)cc(N)cc1N1CCNCC1. The number of benzene rings is 1. The molecule has 0 bridgehead atoms. The smallest absolute Gasteiger partial charge is 0.177 e. The second-order valence-electron chi connectivity index (χ2n) is 3.79. The monoisotopic (exact) mass is 225 g/mol. The molecule has 0 unspecified atom stereocenters. The van der Waals surface area contributed by atoms with Crippen LogP contribution in [0.4, 0.5) is 15.8 Å². The van der Waals surface area contributed by atoms with E-state index in [4.69, 9.17) is 10.5 Å². The number of hydrogen-bond acceptors (Lipinski definition) is 4. The van der Waals surface area contributed by atoms with Gasteiger partial charge in [0, 0.05) is 37.9 Å². The molecule has 0 saturated carbocycles. The maximum absolute atomic E-state index is 13.6. The van der Waals surface area contributed by atoms with Crippen LogP contribution in [0.15, 0.2) is 12.1 Å². The summed E-state index contributed by atoms with van der Waals surface area (Å²) in [5.41, 5.74) is 6.81. The molecular weight excluding hydrogens is 209 g/mol. The summed E-state index contributed by atoms with van der Waals surface area (Å²) in [4.78, 5) is 2.08. The Balaban J connectivity index is 2.36. The van der Waals surface area contributed by atoms with Crippen LogP contribution in [0.3, 0.4) is 0 Å². The fourth-order valence-electron chi connectivity index (χ4n) is 1.94. The van der Waals surface area contributed by atoms with Crippen molar-refractivity contribution in [1.82, 2.24) is 5.32 Å². The highest BCUT2D eigenvalue weighted by Crippen LogP contribution is 2.33. The van der Waals surface area contributed by atoms with Gasteiger partial charge in [-0.1, -0.05) is 0 Å². The van der Waals surface area contributed by atoms with Crippen molar-refractivity contribution >= 4 is 11.4 Å². The van der Waals surface area contributed by atoms with Crippen LogP contribution >= 0.6 is 0 Å². The Labute approximate surface area is 94.2 Å². The zero-order valence-electron chi connectivity index (χ0n) is 9.29. The summed E-state index contributed by atoms with van der Waals surface area (Å²) in [6.45, 7) is 3.44. The number of rotatable bonds is 2. The van der Waals surface area contributed by atoms with Gasteiger partial charge in [0.2, 0.25) is 0 Å². The molecule has 1 fully saturated rings. The molecule has 16 heavy (non-hydrogen) atoms. The fourth-order valence-corrected chi connectivity index (χ4v) is 1.94. The number of methoxy groups -OCH3 is 1. The first-order chi connectivity index (χ1) is 7.72. The van der Waals surface area contributed by atoms with Crippen LogP contribution in [0, 0.1) is 5.82 Å². The minimum atomic E-state index is -0.406. The van der Waals surface area contributed by atoms with Gasteiger partial charge in [0.25, 0.3) is 0 Å². The minimum absolute atomic E-state index is 0.274. The van der Waals surface area contributed by atoms with Crippen molar-refractivity contribution in [2.75, 3.05) is 43.9 Å². The van der Waals surface area contributed by atoms with E-state index in [-0.39, 0.29) is 5.75 Å². The highest BCUT2D eigenvalue weighted by Gasteiger charge is 2.18. The molecule has 4 nitrogen and oxygen atoms in total. The van der Waals surface area contributed by atoms with Gasteiger partial charge in [-0.2, -0.15) is 0 Å². The summed E-state index contributed by atoms with van der Waals surface area (Å²) in [7, 11) is 1.47. The van der Waals surface area contributed by atoms with Crippen LogP contribution in [0.1, 0.15) is 0 Å². The van der Waals surface area contributed by atoms with Gasteiger partial charge < -0.3 is 20.7 Å². The number of nitrogens with two attached hydrogens (primary N) is 1. The van der Waals surface area contributed by atoms with Gasteiger partial charge in [-0.25, -0.2) is 4.39 Å². The Kier molecular flexibility index (Phi) is 3.14. The van der Waals surface area contributed by atoms with E-state index in [2.05, 4.69) is 10.2 Å². The van der Waals surface area contributed by atoms with Crippen molar-refractivity contribution in [2.45, 2.75) is 0 Å². The second kappa shape index (κ2) is 4.57. The topological polar surface area (TPSA) is 50.5 Å². The van der Waals surface area contributed by atoms with Gasteiger partial charge in [-0.05, 0) is 6.07 Å². The Morgan fingerprint density at radius 1 is 1.38 bits per heavy atom. The molecule has 0 radical (unpaired) electrons.